The van der Waals surface area contributed by atoms with Gasteiger partial charge in [-0.3, -0.25) is 0 Å². The van der Waals surface area contributed by atoms with E-state index in [1.165, 1.54) is 6.33 Å². The van der Waals surface area contributed by atoms with Gasteiger partial charge in [0.05, 0.1) is 0 Å². The molecular weight excluding hydrogens is 252 g/mol. The van der Waals surface area contributed by atoms with Gasteiger partial charge in [-0.05, 0) is 18.1 Å². The number of benzene rings is 1. The Hall–Kier alpha value is -1.06. The molecule has 0 atom stereocenters. The van der Waals surface area contributed by atoms with Gasteiger partial charge < -0.3 is 0 Å². The number of rotatable bonds is 3. The van der Waals surface area contributed by atoms with Crippen LogP contribution in [0.3, 0.4) is 0 Å². The topological polar surface area (TPSA) is 25.8 Å². The van der Waals surface area contributed by atoms with Crippen LogP contribution in [0.4, 0.5) is 0 Å². The Morgan fingerprint density at radius 3 is 2.47 bits per heavy atom. The Morgan fingerprint density at radius 1 is 1.12 bits per heavy atom. The maximum Gasteiger partial charge on any atom is 0.137 e. The minimum Gasteiger partial charge on any atom is -0.229 e. The Kier molecular flexibility index (Phi) is 4.02. The second kappa shape index (κ2) is 5.52. The molecule has 1 heterocycles. The van der Waals surface area contributed by atoms with Gasteiger partial charge in [-0.1, -0.05) is 55.4 Å². The van der Waals surface area contributed by atoms with E-state index in [0.717, 1.165) is 15.5 Å². The number of halogens is 1. The minimum absolute atomic E-state index is 0.315. The highest BCUT2D eigenvalue weighted by molar-refractivity contribution is 7.99. The van der Waals surface area contributed by atoms with Crippen molar-refractivity contribution in [3.8, 4) is 0 Å². The molecule has 1 aromatic heterocycles. The highest BCUT2D eigenvalue weighted by atomic mass is 35.5. The maximum absolute atomic E-state index is 6.13. The highest BCUT2D eigenvalue weighted by Gasteiger charge is 2.14. The first kappa shape index (κ1) is 12.4. The largest absolute Gasteiger partial charge is 0.229 e. The zero-order chi connectivity index (χ0) is 12.3. The van der Waals surface area contributed by atoms with E-state index in [9.17, 15) is 0 Å². The normalized spacial score (nSPS) is 10.8. The quantitative estimate of drug-likeness (QED) is 0.768. The SMILES string of the molecule is CC(C)c1c(Cl)ncnc1Sc1ccccc1. The third-order valence-corrected chi connectivity index (χ3v) is 3.66. The summed E-state index contributed by atoms with van der Waals surface area (Å²) < 4.78 is 0. The Labute approximate surface area is 110 Å². The van der Waals surface area contributed by atoms with Gasteiger partial charge in [0.2, 0.25) is 0 Å². The molecule has 0 spiro atoms. The van der Waals surface area contributed by atoms with Gasteiger partial charge >= 0.3 is 0 Å². The fourth-order valence-electron chi connectivity index (χ4n) is 1.53. The summed E-state index contributed by atoms with van der Waals surface area (Å²) in [7, 11) is 0. The van der Waals surface area contributed by atoms with Crippen LogP contribution >= 0.6 is 23.4 Å². The molecule has 0 N–H and O–H groups in total. The average Bonchev–Trinajstić information content (AvgIpc) is 2.30. The van der Waals surface area contributed by atoms with Gasteiger partial charge in [-0.15, -0.1) is 0 Å². The summed E-state index contributed by atoms with van der Waals surface area (Å²) in [5.74, 6) is 0.315. The molecule has 88 valence electrons. The van der Waals surface area contributed by atoms with Crippen molar-refractivity contribution in [2.24, 2.45) is 0 Å². The van der Waals surface area contributed by atoms with Gasteiger partial charge in [0.15, 0.2) is 0 Å². The van der Waals surface area contributed by atoms with E-state index < -0.39 is 0 Å². The zero-order valence-corrected chi connectivity index (χ0v) is 11.3. The summed E-state index contributed by atoms with van der Waals surface area (Å²) >= 11 is 7.75. The van der Waals surface area contributed by atoms with Crippen molar-refractivity contribution in [2.45, 2.75) is 29.7 Å². The molecule has 2 nitrogen and oxygen atoms in total. The van der Waals surface area contributed by atoms with E-state index in [0.29, 0.717) is 11.1 Å². The van der Waals surface area contributed by atoms with Crippen LogP contribution in [0, 0.1) is 0 Å². The van der Waals surface area contributed by atoms with E-state index in [1.807, 2.05) is 18.2 Å². The van der Waals surface area contributed by atoms with Crippen LogP contribution < -0.4 is 0 Å². The zero-order valence-electron chi connectivity index (χ0n) is 9.72. The van der Waals surface area contributed by atoms with Gasteiger partial charge in [0, 0.05) is 10.5 Å². The fraction of sp³-hybridized carbons (Fsp3) is 0.231. The summed E-state index contributed by atoms with van der Waals surface area (Å²) in [5, 5.41) is 1.49. The van der Waals surface area contributed by atoms with E-state index >= 15 is 0 Å². The first-order valence-electron chi connectivity index (χ1n) is 5.41. The van der Waals surface area contributed by atoms with Gasteiger partial charge in [-0.25, -0.2) is 9.97 Å². The lowest BCUT2D eigenvalue weighted by Crippen LogP contribution is -1.97. The number of hydrogen-bond acceptors (Lipinski definition) is 3. The fourth-order valence-corrected chi connectivity index (χ4v) is 2.99. The molecule has 1 aromatic carbocycles. The molecule has 0 saturated heterocycles. The summed E-state index contributed by atoms with van der Waals surface area (Å²) in [4.78, 5) is 9.52. The molecule has 17 heavy (non-hydrogen) atoms. The number of aromatic nitrogens is 2. The molecule has 0 fully saturated rings. The van der Waals surface area contributed by atoms with E-state index in [4.69, 9.17) is 11.6 Å². The van der Waals surface area contributed by atoms with Crippen molar-refractivity contribution in [3.63, 3.8) is 0 Å². The lowest BCUT2D eigenvalue weighted by molar-refractivity contribution is 0.803. The molecule has 0 amide bonds. The molecule has 0 unspecified atom stereocenters. The van der Waals surface area contributed by atoms with Crippen LogP contribution in [0.5, 0.6) is 0 Å². The van der Waals surface area contributed by atoms with E-state index in [-0.39, 0.29) is 0 Å². The predicted octanol–water partition coefficient (Wildman–Crippen LogP) is 4.40. The second-order valence-electron chi connectivity index (χ2n) is 3.95. The van der Waals surface area contributed by atoms with E-state index in [2.05, 4.69) is 35.9 Å². The molecule has 2 aromatic rings. The molecule has 0 aliphatic heterocycles. The maximum atomic E-state index is 6.13. The summed E-state index contributed by atoms with van der Waals surface area (Å²) in [6.07, 6.45) is 1.51. The first-order chi connectivity index (χ1) is 8.18. The Balaban J connectivity index is 2.36. The third-order valence-electron chi connectivity index (χ3n) is 2.33. The van der Waals surface area contributed by atoms with Gasteiger partial charge in [-0.2, -0.15) is 0 Å². The number of nitrogens with zero attached hydrogens (tertiary/aromatic N) is 2. The smallest absolute Gasteiger partial charge is 0.137 e. The van der Waals surface area contributed by atoms with Crippen LogP contribution in [0.2, 0.25) is 5.15 Å². The van der Waals surface area contributed by atoms with Crippen molar-refractivity contribution in [2.75, 3.05) is 0 Å². The summed E-state index contributed by atoms with van der Waals surface area (Å²) in [6, 6.07) is 10.1. The molecular formula is C13H13ClN2S. The first-order valence-corrected chi connectivity index (χ1v) is 6.61. The van der Waals surface area contributed by atoms with Crippen LogP contribution in [-0.2, 0) is 0 Å². The van der Waals surface area contributed by atoms with Crippen molar-refractivity contribution >= 4 is 23.4 Å². The van der Waals surface area contributed by atoms with Crippen molar-refractivity contribution in [3.05, 3.63) is 47.4 Å². The lowest BCUT2D eigenvalue weighted by Gasteiger charge is -2.11. The van der Waals surface area contributed by atoms with Crippen molar-refractivity contribution < 1.29 is 0 Å². The predicted molar refractivity (Wildman–Crippen MR) is 71.7 cm³/mol. The number of hydrogen-bond donors (Lipinski definition) is 0. The molecule has 0 saturated carbocycles. The highest BCUT2D eigenvalue weighted by Crippen LogP contribution is 2.34. The Morgan fingerprint density at radius 2 is 1.82 bits per heavy atom. The Bertz CT molecular complexity index is 500. The molecule has 0 radical (unpaired) electrons. The van der Waals surface area contributed by atoms with Gasteiger partial charge in [0.25, 0.3) is 0 Å². The van der Waals surface area contributed by atoms with Crippen LogP contribution in [0.15, 0.2) is 46.6 Å². The molecule has 0 bridgehead atoms. The average molecular weight is 265 g/mol. The standard InChI is InChI=1S/C13H13ClN2S/c1-9(2)11-12(14)15-8-16-13(11)17-10-6-4-3-5-7-10/h3-9H,1-2H3. The van der Waals surface area contributed by atoms with E-state index in [1.54, 1.807) is 11.8 Å². The molecule has 0 aliphatic carbocycles. The molecule has 2 rings (SSSR count). The molecule has 0 aliphatic rings. The summed E-state index contributed by atoms with van der Waals surface area (Å²) in [5.41, 5.74) is 1.02. The summed E-state index contributed by atoms with van der Waals surface area (Å²) in [6.45, 7) is 4.19. The van der Waals surface area contributed by atoms with Gasteiger partial charge in [0.1, 0.15) is 16.5 Å². The lowest BCUT2D eigenvalue weighted by atomic mass is 10.1. The van der Waals surface area contributed by atoms with Crippen LogP contribution in [0.25, 0.3) is 0 Å². The van der Waals surface area contributed by atoms with Crippen LogP contribution in [-0.4, -0.2) is 9.97 Å². The second-order valence-corrected chi connectivity index (χ2v) is 5.37. The van der Waals surface area contributed by atoms with Crippen LogP contribution in [0.1, 0.15) is 25.3 Å². The monoisotopic (exact) mass is 264 g/mol. The molecule has 4 heteroatoms. The van der Waals surface area contributed by atoms with Crippen molar-refractivity contribution in [1.29, 1.82) is 0 Å². The minimum atomic E-state index is 0.315. The third kappa shape index (κ3) is 2.99. The van der Waals surface area contributed by atoms with Crippen molar-refractivity contribution in [1.82, 2.24) is 9.97 Å².